The fraction of sp³-hybridized carbons (Fsp3) is 0.400. The Labute approximate surface area is 174 Å². The Balaban J connectivity index is 1.85. The summed E-state index contributed by atoms with van der Waals surface area (Å²) in [5.41, 5.74) is 1.24. The number of carbonyl (C=O) groups excluding carboxylic acids is 2. The molecule has 1 N–H and O–H groups in total. The molecule has 0 aliphatic carbocycles. The zero-order valence-electron chi connectivity index (χ0n) is 16.4. The van der Waals surface area contributed by atoms with Gasteiger partial charge in [-0.1, -0.05) is 25.1 Å². The van der Waals surface area contributed by atoms with Crippen LogP contribution < -0.4 is 5.32 Å². The zero-order valence-corrected chi connectivity index (χ0v) is 18.1. The number of likely N-dealkylation sites (N-methyl/N-ethyl adjacent to an activating group) is 1. The van der Waals surface area contributed by atoms with Crippen LogP contribution in [0.3, 0.4) is 0 Å². The van der Waals surface area contributed by atoms with Crippen LogP contribution in [0.25, 0.3) is 0 Å². The number of hydrogen-bond acceptors (Lipinski definition) is 7. The Bertz CT molecular complexity index is 999. The molecule has 1 aromatic carbocycles. The molecule has 1 aromatic heterocycles. The molecule has 29 heavy (non-hydrogen) atoms. The van der Waals surface area contributed by atoms with Gasteiger partial charge < -0.3 is 10.1 Å². The molecule has 2 heterocycles. The number of nitrogens with one attached hydrogen (secondary N) is 1. The summed E-state index contributed by atoms with van der Waals surface area (Å²) in [6.07, 6.45) is 0.687. The lowest BCUT2D eigenvalue weighted by Gasteiger charge is -2.25. The van der Waals surface area contributed by atoms with Gasteiger partial charge in [0.15, 0.2) is 9.84 Å². The van der Waals surface area contributed by atoms with Gasteiger partial charge in [0.05, 0.1) is 17.1 Å². The van der Waals surface area contributed by atoms with Gasteiger partial charge in [0.2, 0.25) is 5.91 Å². The molecule has 0 atom stereocenters. The number of fused-ring (bicyclic) bond motifs is 1. The van der Waals surface area contributed by atoms with Gasteiger partial charge in [-0.2, -0.15) is 0 Å². The fourth-order valence-electron chi connectivity index (χ4n) is 3.28. The normalized spacial score (nSPS) is 14.3. The van der Waals surface area contributed by atoms with Crippen molar-refractivity contribution in [2.45, 2.75) is 31.7 Å². The van der Waals surface area contributed by atoms with E-state index in [0.29, 0.717) is 23.5 Å². The summed E-state index contributed by atoms with van der Waals surface area (Å²) < 4.78 is 30.1. The average molecular weight is 437 g/mol. The molecule has 0 radical (unpaired) electrons. The maximum Gasteiger partial charge on any atom is 0.341 e. The van der Waals surface area contributed by atoms with Gasteiger partial charge in [-0.3, -0.25) is 9.69 Å². The van der Waals surface area contributed by atoms with Crippen molar-refractivity contribution in [2.24, 2.45) is 0 Å². The SMILES string of the molecule is CCOC(=O)c1c(NC(=O)CS(=O)(=O)c2ccccc2)sc2c1CCN(CC)C2. The largest absolute Gasteiger partial charge is 0.462 e. The average Bonchev–Trinajstić information content (AvgIpc) is 3.05. The quantitative estimate of drug-likeness (QED) is 0.671. The third kappa shape index (κ3) is 4.85. The van der Waals surface area contributed by atoms with Crippen molar-refractivity contribution in [2.75, 3.05) is 30.8 Å². The summed E-state index contributed by atoms with van der Waals surface area (Å²) in [4.78, 5) is 28.4. The first-order valence-electron chi connectivity index (χ1n) is 9.47. The number of amides is 1. The summed E-state index contributed by atoms with van der Waals surface area (Å²) in [6, 6.07) is 7.83. The molecule has 9 heteroatoms. The summed E-state index contributed by atoms with van der Waals surface area (Å²) in [5, 5.41) is 3.01. The van der Waals surface area contributed by atoms with Crippen LogP contribution in [-0.2, 0) is 32.3 Å². The zero-order chi connectivity index (χ0) is 21.0. The van der Waals surface area contributed by atoms with E-state index in [4.69, 9.17) is 4.74 Å². The van der Waals surface area contributed by atoms with Crippen molar-refractivity contribution in [1.29, 1.82) is 0 Å². The number of hydrogen-bond donors (Lipinski definition) is 1. The molecule has 0 saturated carbocycles. The number of nitrogens with zero attached hydrogens (tertiary/aromatic N) is 1. The van der Waals surface area contributed by atoms with Gasteiger partial charge in [-0.25, -0.2) is 13.2 Å². The van der Waals surface area contributed by atoms with Crippen LogP contribution in [0.4, 0.5) is 5.00 Å². The van der Waals surface area contributed by atoms with E-state index in [1.807, 2.05) is 0 Å². The number of esters is 1. The van der Waals surface area contributed by atoms with Gasteiger partial charge in [0.1, 0.15) is 10.8 Å². The number of benzene rings is 1. The van der Waals surface area contributed by atoms with Gasteiger partial charge in [-0.15, -0.1) is 11.3 Å². The van der Waals surface area contributed by atoms with Crippen molar-refractivity contribution >= 4 is 38.1 Å². The van der Waals surface area contributed by atoms with Crippen LogP contribution >= 0.6 is 11.3 Å². The van der Waals surface area contributed by atoms with Gasteiger partial charge in [0.25, 0.3) is 0 Å². The second kappa shape index (κ2) is 9.06. The predicted molar refractivity (Wildman–Crippen MR) is 112 cm³/mol. The number of thiophene rings is 1. The van der Waals surface area contributed by atoms with Crippen LogP contribution in [0.15, 0.2) is 35.2 Å². The Kier molecular flexibility index (Phi) is 6.71. The van der Waals surface area contributed by atoms with E-state index in [2.05, 4.69) is 17.1 Å². The number of rotatable bonds is 7. The predicted octanol–water partition coefficient (Wildman–Crippen LogP) is 2.72. The highest BCUT2D eigenvalue weighted by atomic mass is 32.2. The topological polar surface area (TPSA) is 92.8 Å². The van der Waals surface area contributed by atoms with E-state index in [9.17, 15) is 18.0 Å². The molecule has 7 nitrogen and oxygen atoms in total. The molecular formula is C20H24N2O5S2. The highest BCUT2D eigenvalue weighted by Gasteiger charge is 2.30. The van der Waals surface area contributed by atoms with Crippen LogP contribution in [0.1, 0.15) is 34.6 Å². The molecule has 0 saturated heterocycles. The van der Waals surface area contributed by atoms with E-state index in [1.54, 1.807) is 25.1 Å². The highest BCUT2D eigenvalue weighted by Crippen LogP contribution is 2.37. The third-order valence-electron chi connectivity index (χ3n) is 4.74. The summed E-state index contributed by atoms with van der Waals surface area (Å²) in [7, 11) is -3.77. The minimum absolute atomic E-state index is 0.0878. The lowest BCUT2D eigenvalue weighted by atomic mass is 10.0. The number of sulfone groups is 1. The molecule has 0 fully saturated rings. The van der Waals surface area contributed by atoms with Crippen molar-refractivity contribution in [1.82, 2.24) is 4.90 Å². The van der Waals surface area contributed by atoms with Gasteiger partial charge in [0, 0.05) is 18.0 Å². The van der Waals surface area contributed by atoms with Crippen molar-refractivity contribution < 1.29 is 22.7 Å². The van der Waals surface area contributed by atoms with Crippen LogP contribution in [0.5, 0.6) is 0 Å². The van der Waals surface area contributed by atoms with E-state index >= 15 is 0 Å². The molecule has 156 valence electrons. The van der Waals surface area contributed by atoms with E-state index in [0.717, 1.165) is 23.5 Å². The molecule has 1 amide bonds. The summed E-state index contributed by atoms with van der Waals surface area (Å²) >= 11 is 1.32. The molecule has 3 rings (SSSR count). The summed E-state index contributed by atoms with van der Waals surface area (Å²) in [5.74, 6) is -1.86. The molecule has 1 aliphatic rings. The number of anilines is 1. The minimum Gasteiger partial charge on any atom is -0.462 e. The standard InChI is InChI=1S/C20H24N2O5S2/c1-3-22-11-10-15-16(12-22)28-19(18(15)20(24)27-4-2)21-17(23)13-29(25,26)14-8-6-5-7-9-14/h5-9H,3-4,10-13H2,1-2H3,(H,21,23). The van der Waals surface area contributed by atoms with Crippen LogP contribution in [0.2, 0.25) is 0 Å². The molecular weight excluding hydrogens is 412 g/mol. The van der Waals surface area contributed by atoms with E-state index in [-0.39, 0.29) is 11.5 Å². The Hall–Kier alpha value is -2.23. The third-order valence-corrected chi connectivity index (χ3v) is 7.50. The lowest BCUT2D eigenvalue weighted by Crippen LogP contribution is -2.30. The Morgan fingerprint density at radius 2 is 1.93 bits per heavy atom. The summed E-state index contributed by atoms with van der Waals surface area (Å²) in [6.45, 7) is 6.43. The smallest absolute Gasteiger partial charge is 0.341 e. The maximum absolute atomic E-state index is 12.5. The molecule has 0 unspecified atom stereocenters. The van der Waals surface area contributed by atoms with Crippen LogP contribution in [0, 0.1) is 0 Å². The van der Waals surface area contributed by atoms with Crippen LogP contribution in [-0.4, -0.2) is 50.6 Å². The van der Waals surface area contributed by atoms with Crippen molar-refractivity contribution in [3.05, 3.63) is 46.3 Å². The maximum atomic E-state index is 12.5. The monoisotopic (exact) mass is 436 g/mol. The second-order valence-corrected chi connectivity index (χ2v) is 9.76. The Morgan fingerprint density at radius 3 is 2.59 bits per heavy atom. The van der Waals surface area contributed by atoms with E-state index in [1.165, 1.54) is 23.5 Å². The molecule has 1 aliphatic heterocycles. The number of carbonyl (C=O) groups is 2. The fourth-order valence-corrected chi connectivity index (χ4v) is 5.73. The van der Waals surface area contributed by atoms with Gasteiger partial charge in [-0.05, 0) is 37.6 Å². The minimum atomic E-state index is -3.77. The molecule has 0 spiro atoms. The molecule has 2 aromatic rings. The van der Waals surface area contributed by atoms with Crippen molar-refractivity contribution in [3.63, 3.8) is 0 Å². The van der Waals surface area contributed by atoms with E-state index < -0.39 is 27.5 Å². The van der Waals surface area contributed by atoms with Gasteiger partial charge >= 0.3 is 5.97 Å². The second-order valence-electron chi connectivity index (χ2n) is 6.67. The Morgan fingerprint density at radius 1 is 1.21 bits per heavy atom. The lowest BCUT2D eigenvalue weighted by molar-refractivity contribution is -0.113. The van der Waals surface area contributed by atoms with Crippen molar-refractivity contribution in [3.8, 4) is 0 Å². The number of ether oxygens (including phenoxy) is 1. The first kappa shape index (κ1) is 21.5. The first-order valence-corrected chi connectivity index (χ1v) is 11.9. The molecule has 0 bridgehead atoms. The first-order chi connectivity index (χ1) is 13.9. The highest BCUT2D eigenvalue weighted by molar-refractivity contribution is 7.92.